The molecule has 0 spiro atoms. The van der Waals surface area contributed by atoms with Gasteiger partial charge < -0.3 is 15.1 Å². The summed E-state index contributed by atoms with van der Waals surface area (Å²) >= 11 is 6.11. The minimum Gasteiger partial charge on any atom is -0.369 e. The van der Waals surface area contributed by atoms with Crippen molar-refractivity contribution < 1.29 is 4.79 Å². The van der Waals surface area contributed by atoms with Gasteiger partial charge in [-0.15, -0.1) is 0 Å². The molecule has 142 valence electrons. The van der Waals surface area contributed by atoms with Crippen LogP contribution in [-0.4, -0.2) is 55.1 Å². The number of piperazine rings is 1. The van der Waals surface area contributed by atoms with Crippen LogP contribution in [0.5, 0.6) is 0 Å². The molecule has 0 radical (unpaired) electrons. The maximum atomic E-state index is 12.1. The Balaban J connectivity index is 1.40. The summed E-state index contributed by atoms with van der Waals surface area (Å²) in [6.45, 7) is 6.61. The molecule has 4 rings (SSSR count). The Kier molecular flexibility index (Phi) is 4.93. The number of halogens is 1. The molecule has 0 saturated carbocycles. The van der Waals surface area contributed by atoms with E-state index >= 15 is 0 Å². The number of amides is 1. The highest BCUT2D eigenvalue weighted by Crippen LogP contribution is 2.29. The van der Waals surface area contributed by atoms with Gasteiger partial charge in [0.2, 0.25) is 5.91 Å². The first-order valence-corrected chi connectivity index (χ1v) is 9.64. The third kappa shape index (κ3) is 3.73. The predicted octanol–water partition coefficient (Wildman–Crippen LogP) is 2.83. The van der Waals surface area contributed by atoms with Gasteiger partial charge in [-0.1, -0.05) is 17.7 Å². The lowest BCUT2D eigenvalue weighted by Crippen LogP contribution is -2.46. The fourth-order valence-electron chi connectivity index (χ4n) is 3.65. The zero-order valence-electron chi connectivity index (χ0n) is 15.7. The van der Waals surface area contributed by atoms with E-state index in [1.54, 1.807) is 0 Å². The van der Waals surface area contributed by atoms with Crippen LogP contribution in [0.1, 0.15) is 12.5 Å². The van der Waals surface area contributed by atoms with E-state index < -0.39 is 0 Å². The Morgan fingerprint density at radius 2 is 2.00 bits per heavy atom. The largest absolute Gasteiger partial charge is 0.369 e. The van der Waals surface area contributed by atoms with Crippen LogP contribution in [-0.2, 0) is 11.3 Å². The van der Waals surface area contributed by atoms with E-state index in [1.165, 1.54) is 5.69 Å². The maximum Gasteiger partial charge on any atom is 0.246 e. The number of aromatic nitrogens is 1. The van der Waals surface area contributed by atoms with Gasteiger partial charge in [-0.2, -0.15) is 0 Å². The van der Waals surface area contributed by atoms with Gasteiger partial charge in [0.05, 0.1) is 5.69 Å². The van der Waals surface area contributed by atoms with E-state index in [-0.39, 0.29) is 11.9 Å². The van der Waals surface area contributed by atoms with Gasteiger partial charge >= 0.3 is 0 Å². The summed E-state index contributed by atoms with van der Waals surface area (Å²) < 4.78 is 0. The Morgan fingerprint density at radius 3 is 2.74 bits per heavy atom. The first-order chi connectivity index (χ1) is 13.0. The number of carbonyl (C=O) groups excluding carboxylic acids is 1. The molecule has 27 heavy (non-hydrogen) atoms. The topological polar surface area (TPSA) is 51.7 Å². The molecule has 1 N–H and O–H groups in total. The molecule has 1 unspecified atom stereocenters. The number of carbonyl (C=O) groups is 1. The van der Waals surface area contributed by atoms with Crippen LogP contribution in [0.2, 0.25) is 5.02 Å². The molecule has 1 fully saturated rings. The smallest absolute Gasteiger partial charge is 0.246 e. The van der Waals surface area contributed by atoms with Crippen molar-refractivity contribution in [1.82, 2.24) is 9.88 Å². The first kappa shape index (κ1) is 18.1. The molecule has 2 aliphatic heterocycles. The number of benzene rings is 1. The molecule has 0 bridgehead atoms. The van der Waals surface area contributed by atoms with E-state index in [4.69, 9.17) is 11.6 Å². The molecule has 1 saturated heterocycles. The first-order valence-electron chi connectivity index (χ1n) is 9.27. The average Bonchev–Trinajstić information content (AvgIpc) is 2.67. The molecule has 1 atom stereocenters. The van der Waals surface area contributed by atoms with Crippen molar-refractivity contribution in [3.8, 4) is 0 Å². The van der Waals surface area contributed by atoms with Crippen LogP contribution in [0.3, 0.4) is 0 Å². The normalized spacial score (nSPS) is 20.4. The van der Waals surface area contributed by atoms with Gasteiger partial charge in [-0.3, -0.25) is 9.69 Å². The highest BCUT2D eigenvalue weighted by Gasteiger charge is 2.28. The molecule has 0 aliphatic carbocycles. The lowest BCUT2D eigenvalue weighted by Gasteiger charge is -2.36. The summed E-state index contributed by atoms with van der Waals surface area (Å²) in [5.41, 5.74) is 3.10. The van der Waals surface area contributed by atoms with Crippen LogP contribution in [0, 0.1) is 0 Å². The predicted molar refractivity (Wildman–Crippen MR) is 110 cm³/mol. The molecular weight excluding hydrogens is 362 g/mol. The standard InChI is InChI=1S/C20H24ClN5O/c1-14-20(27)23-18-10-15(12-22-19(18)24(14)2)13-25-6-8-26(9-7-25)17-5-3-4-16(21)11-17/h3-5,10-12,14H,6-9,13H2,1-2H3,(H,23,27). The van der Waals surface area contributed by atoms with E-state index in [0.29, 0.717) is 0 Å². The van der Waals surface area contributed by atoms with Crippen molar-refractivity contribution in [3.63, 3.8) is 0 Å². The number of nitrogens with one attached hydrogen (secondary N) is 1. The summed E-state index contributed by atoms with van der Waals surface area (Å²) in [5, 5.41) is 3.74. The van der Waals surface area contributed by atoms with E-state index in [1.807, 2.05) is 49.3 Å². The molecule has 1 amide bonds. The maximum absolute atomic E-state index is 12.1. The summed E-state index contributed by atoms with van der Waals surface area (Å²) in [7, 11) is 1.91. The van der Waals surface area contributed by atoms with Gasteiger partial charge in [0.25, 0.3) is 0 Å². The second kappa shape index (κ2) is 7.37. The van der Waals surface area contributed by atoms with Crippen LogP contribution in [0.15, 0.2) is 36.5 Å². The highest BCUT2D eigenvalue weighted by molar-refractivity contribution is 6.30. The van der Waals surface area contributed by atoms with Crippen molar-refractivity contribution >= 4 is 34.7 Å². The van der Waals surface area contributed by atoms with Crippen LogP contribution in [0.4, 0.5) is 17.2 Å². The number of hydrogen-bond acceptors (Lipinski definition) is 5. The number of likely N-dealkylation sites (N-methyl/N-ethyl adjacent to an activating group) is 1. The number of fused-ring (bicyclic) bond motifs is 1. The van der Waals surface area contributed by atoms with Crippen molar-refractivity contribution in [2.75, 3.05) is 48.3 Å². The number of hydrogen-bond donors (Lipinski definition) is 1. The Hall–Kier alpha value is -2.31. The Morgan fingerprint density at radius 1 is 1.22 bits per heavy atom. The number of anilines is 3. The molecule has 6 nitrogen and oxygen atoms in total. The second-order valence-corrected chi connectivity index (χ2v) is 7.67. The summed E-state index contributed by atoms with van der Waals surface area (Å²) in [6.07, 6.45) is 1.92. The molecule has 1 aromatic heterocycles. The van der Waals surface area contributed by atoms with Gasteiger partial charge in [0.1, 0.15) is 6.04 Å². The molecule has 2 aromatic rings. The third-order valence-corrected chi connectivity index (χ3v) is 5.66. The van der Waals surface area contributed by atoms with E-state index in [2.05, 4.69) is 26.2 Å². The number of nitrogens with zero attached hydrogens (tertiary/aromatic N) is 4. The van der Waals surface area contributed by atoms with Crippen LogP contribution < -0.4 is 15.1 Å². The van der Waals surface area contributed by atoms with Crippen LogP contribution >= 0.6 is 11.6 Å². The summed E-state index contributed by atoms with van der Waals surface area (Å²) in [4.78, 5) is 23.3. The lowest BCUT2D eigenvalue weighted by atomic mass is 10.1. The summed E-state index contributed by atoms with van der Waals surface area (Å²) in [5.74, 6) is 0.843. The van der Waals surface area contributed by atoms with E-state index in [9.17, 15) is 4.79 Å². The monoisotopic (exact) mass is 385 g/mol. The molecule has 7 heteroatoms. The Labute approximate surface area is 164 Å². The molecule has 3 heterocycles. The SMILES string of the molecule is CC1C(=O)Nc2cc(CN3CCN(c4cccc(Cl)c4)CC3)cnc2N1C. The number of pyridine rings is 1. The van der Waals surface area contributed by atoms with Crippen molar-refractivity contribution in [1.29, 1.82) is 0 Å². The Bertz CT molecular complexity index is 850. The van der Waals surface area contributed by atoms with Gasteiger partial charge in [-0.05, 0) is 36.8 Å². The fraction of sp³-hybridized carbons (Fsp3) is 0.400. The minimum absolute atomic E-state index is 0.0130. The zero-order valence-corrected chi connectivity index (χ0v) is 16.4. The number of rotatable bonds is 3. The quantitative estimate of drug-likeness (QED) is 0.880. The van der Waals surface area contributed by atoms with Crippen molar-refractivity contribution in [3.05, 3.63) is 47.1 Å². The molecule has 1 aromatic carbocycles. The average molecular weight is 386 g/mol. The minimum atomic E-state index is -0.199. The second-order valence-electron chi connectivity index (χ2n) is 7.23. The van der Waals surface area contributed by atoms with Gasteiger partial charge in [0, 0.05) is 56.7 Å². The molecule has 2 aliphatic rings. The van der Waals surface area contributed by atoms with Crippen molar-refractivity contribution in [2.45, 2.75) is 19.5 Å². The van der Waals surface area contributed by atoms with Gasteiger partial charge in [0.15, 0.2) is 5.82 Å². The van der Waals surface area contributed by atoms with Crippen molar-refractivity contribution in [2.24, 2.45) is 0 Å². The third-order valence-electron chi connectivity index (χ3n) is 5.43. The zero-order chi connectivity index (χ0) is 19.0. The fourth-order valence-corrected chi connectivity index (χ4v) is 3.84. The lowest BCUT2D eigenvalue weighted by molar-refractivity contribution is -0.117. The highest BCUT2D eigenvalue weighted by atomic mass is 35.5. The van der Waals surface area contributed by atoms with E-state index in [0.717, 1.165) is 54.8 Å². The summed E-state index contributed by atoms with van der Waals surface area (Å²) in [6, 6.07) is 9.87. The van der Waals surface area contributed by atoms with Crippen LogP contribution in [0.25, 0.3) is 0 Å². The molecular formula is C20H24ClN5O. The van der Waals surface area contributed by atoms with Gasteiger partial charge in [-0.25, -0.2) is 4.98 Å².